The van der Waals surface area contributed by atoms with Crippen LogP contribution in [0.1, 0.15) is 71.8 Å². The standard InChI is InChI=1S/C30H47N5O10P2/c1-20(2)42-46(37,43-21(3)4)18-39-14-25(35-17-34-27-28(31)32-16-33-29(27)35)26(41-30(36)24-12-10-9-11-13-24)15-40-19-47(38,44-22(5)6)45-23(7)8/h9-13,16-17,20-23,25-26H,14-15,18-19H2,1-8H3,(H2,31,32,33)/t25-,26+/m0/s1. The third kappa shape index (κ3) is 12.0. The molecule has 2 atom stereocenters. The maximum atomic E-state index is 13.6. The molecule has 262 valence electrons. The lowest BCUT2D eigenvalue weighted by Gasteiger charge is -2.30. The largest absolute Gasteiger partial charge is 0.454 e. The highest BCUT2D eigenvalue weighted by atomic mass is 31.2. The Bertz CT molecular complexity index is 1490. The number of nitrogens with zero attached hydrogens (tertiary/aromatic N) is 4. The molecule has 0 fully saturated rings. The van der Waals surface area contributed by atoms with Gasteiger partial charge in [0.05, 0.1) is 55.6 Å². The van der Waals surface area contributed by atoms with Gasteiger partial charge in [0.15, 0.2) is 11.5 Å². The first-order chi connectivity index (χ1) is 22.1. The molecular formula is C30H47N5O10P2. The van der Waals surface area contributed by atoms with Crippen LogP contribution in [-0.4, -0.2) is 81.9 Å². The topological polar surface area (TPSA) is 185 Å². The first kappa shape index (κ1) is 38.7. The molecule has 3 aromatic rings. The summed E-state index contributed by atoms with van der Waals surface area (Å²) in [5, 5.41) is 0. The molecule has 17 heteroatoms. The Hall–Kier alpha value is -2.74. The molecule has 0 saturated carbocycles. The van der Waals surface area contributed by atoms with Crippen molar-refractivity contribution >= 4 is 38.1 Å². The van der Waals surface area contributed by atoms with E-state index in [4.69, 9.17) is 38.0 Å². The second-order valence-electron chi connectivity index (χ2n) is 11.8. The third-order valence-electron chi connectivity index (χ3n) is 6.00. The van der Waals surface area contributed by atoms with E-state index >= 15 is 0 Å². The zero-order valence-corrected chi connectivity index (χ0v) is 30.0. The molecule has 0 radical (unpaired) electrons. The highest BCUT2D eigenvalue weighted by Crippen LogP contribution is 2.51. The van der Waals surface area contributed by atoms with Gasteiger partial charge < -0.3 is 42.6 Å². The third-order valence-corrected chi connectivity index (χ3v) is 9.97. The minimum absolute atomic E-state index is 0.139. The minimum Gasteiger partial charge on any atom is -0.454 e. The van der Waals surface area contributed by atoms with E-state index in [0.29, 0.717) is 11.2 Å². The first-order valence-corrected chi connectivity index (χ1v) is 18.8. The summed E-state index contributed by atoms with van der Waals surface area (Å²) in [7, 11) is -7.41. The number of esters is 1. The van der Waals surface area contributed by atoms with E-state index < -0.39 is 70.4 Å². The summed E-state index contributed by atoms with van der Waals surface area (Å²) in [4.78, 5) is 26.1. The number of aromatic nitrogens is 4. The number of imidazole rings is 1. The Kier molecular flexibility index (Phi) is 14.5. The van der Waals surface area contributed by atoms with Gasteiger partial charge >= 0.3 is 21.2 Å². The summed E-state index contributed by atoms with van der Waals surface area (Å²) >= 11 is 0. The molecule has 0 spiro atoms. The molecule has 0 amide bonds. The molecular weight excluding hydrogens is 652 g/mol. The molecule has 1 aromatic carbocycles. The second-order valence-corrected chi connectivity index (χ2v) is 15.6. The lowest BCUT2D eigenvalue weighted by atomic mass is 10.1. The van der Waals surface area contributed by atoms with Crippen LogP contribution >= 0.6 is 15.2 Å². The van der Waals surface area contributed by atoms with Crippen molar-refractivity contribution in [3.8, 4) is 0 Å². The summed E-state index contributed by atoms with van der Waals surface area (Å²) in [5.74, 6) is -0.514. The van der Waals surface area contributed by atoms with Crippen LogP contribution < -0.4 is 5.73 Å². The zero-order chi connectivity index (χ0) is 34.8. The molecule has 15 nitrogen and oxygen atoms in total. The van der Waals surface area contributed by atoms with Crippen molar-refractivity contribution < 1.29 is 46.2 Å². The number of hydrogen-bond acceptors (Lipinski definition) is 14. The van der Waals surface area contributed by atoms with Crippen LogP contribution in [0, 0.1) is 0 Å². The maximum Gasteiger partial charge on any atom is 0.356 e. The van der Waals surface area contributed by atoms with Gasteiger partial charge in [-0.25, -0.2) is 19.7 Å². The number of rotatable bonds is 20. The van der Waals surface area contributed by atoms with Crippen LogP contribution in [0.4, 0.5) is 5.82 Å². The SMILES string of the molecule is CC(C)OP(=O)(COC[C@@H](OC(=O)c1ccccc1)[C@H](COCP(=O)(OC(C)C)OC(C)C)n1cnc2c(N)ncnc21)OC(C)C. The monoisotopic (exact) mass is 699 g/mol. The fraction of sp³-hybridized carbons (Fsp3) is 0.600. The average Bonchev–Trinajstić information content (AvgIpc) is 3.38. The molecule has 2 N–H and O–H groups in total. The molecule has 2 aromatic heterocycles. The first-order valence-electron chi connectivity index (χ1n) is 15.4. The number of hydrogen-bond donors (Lipinski definition) is 1. The molecule has 3 rings (SSSR count). The summed E-state index contributed by atoms with van der Waals surface area (Å²) < 4.78 is 69.1. The molecule has 47 heavy (non-hydrogen) atoms. The molecule has 0 bridgehead atoms. The lowest BCUT2D eigenvalue weighted by Crippen LogP contribution is -2.36. The molecule has 0 unspecified atom stereocenters. The Morgan fingerprint density at radius 1 is 0.766 bits per heavy atom. The molecule has 0 saturated heterocycles. The van der Waals surface area contributed by atoms with Crippen molar-refractivity contribution in [2.75, 3.05) is 31.6 Å². The highest BCUT2D eigenvalue weighted by molar-refractivity contribution is 7.53. The van der Waals surface area contributed by atoms with E-state index in [2.05, 4.69) is 15.0 Å². The minimum atomic E-state index is -3.71. The van der Waals surface area contributed by atoms with E-state index in [9.17, 15) is 13.9 Å². The van der Waals surface area contributed by atoms with Gasteiger partial charge in [-0.05, 0) is 67.5 Å². The van der Waals surface area contributed by atoms with Gasteiger partial charge in [-0.3, -0.25) is 9.13 Å². The fourth-order valence-corrected chi connectivity index (χ4v) is 8.08. The Morgan fingerprint density at radius 3 is 1.79 bits per heavy atom. The Labute approximate surface area is 275 Å². The van der Waals surface area contributed by atoms with Crippen molar-refractivity contribution in [3.05, 3.63) is 48.5 Å². The van der Waals surface area contributed by atoms with E-state index in [1.165, 1.54) is 12.7 Å². The van der Waals surface area contributed by atoms with Crippen LogP contribution in [0.3, 0.4) is 0 Å². The van der Waals surface area contributed by atoms with Gasteiger partial charge in [-0.15, -0.1) is 0 Å². The predicted octanol–water partition coefficient (Wildman–Crippen LogP) is 6.21. The Morgan fingerprint density at radius 2 is 1.28 bits per heavy atom. The van der Waals surface area contributed by atoms with Crippen molar-refractivity contribution in [1.82, 2.24) is 19.5 Å². The lowest BCUT2D eigenvalue weighted by molar-refractivity contribution is -0.0352. The van der Waals surface area contributed by atoms with Crippen LogP contribution in [0.25, 0.3) is 11.2 Å². The maximum absolute atomic E-state index is 13.6. The predicted molar refractivity (Wildman–Crippen MR) is 176 cm³/mol. The number of anilines is 1. The summed E-state index contributed by atoms with van der Waals surface area (Å²) in [6, 6.07) is 7.51. The Balaban J connectivity index is 2.00. The van der Waals surface area contributed by atoms with Crippen molar-refractivity contribution in [3.63, 3.8) is 0 Å². The van der Waals surface area contributed by atoms with Gasteiger partial charge in [0.1, 0.15) is 30.6 Å². The number of carbonyl (C=O) groups excluding carboxylic acids is 1. The van der Waals surface area contributed by atoms with Crippen molar-refractivity contribution in [2.45, 2.75) is 92.0 Å². The fourth-order valence-electron chi connectivity index (χ4n) is 4.51. The number of nitrogens with two attached hydrogens (primary N) is 1. The number of benzene rings is 1. The van der Waals surface area contributed by atoms with Crippen LogP contribution in [-0.2, 0) is 41.4 Å². The van der Waals surface area contributed by atoms with Crippen molar-refractivity contribution in [2.24, 2.45) is 0 Å². The van der Waals surface area contributed by atoms with Gasteiger partial charge in [0.2, 0.25) is 0 Å². The number of fused-ring (bicyclic) bond motifs is 1. The van der Waals surface area contributed by atoms with Crippen LogP contribution in [0.2, 0.25) is 0 Å². The summed E-state index contributed by atoms with van der Waals surface area (Å²) in [5.41, 5.74) is 6.98. The number of ether oxygens (including phenoxy) is 3. The van der Waals surface area contributed by atoms with E-state index in [1.807, 2.05) is 0 Å². The molecule has 0 aliphatic rings. The van der Waals surface area contributed by atoms with E-state index in [-0.39, 0.29) is 24.6 Å². The average molecular weight is 700 g/mol. The highest BCUT2D eigenvalue weighted by Gasteiger charge is 2.35. The van der Waals surface area contributed by atoms with Gasteiger partial charge in [-0.2, -0.15) is 0 Å². The van der Waals surface area contributed by atoms with Crippen molar-refractivity contribution in [1.29, 1.82) is 0 Å². The number of nitrogen functional groups attached to an aromatic ring is 1. The van der Waals surface area contributed by atoms with Gasteiger partial charge in [0, 0.05) is 0 Å². The normalized spacial score (nSPS) is 14.0. The second kappa shape index (κ2) is 17.6. The van der Waals surface area contributed by atoms with E-state index in [0.717, 1.165) is 0 Å². The number of carbonyl (C=O) groups is 1. The van der Waals surface area contributed by atoms with Crippen LogP contribution in [0.15, 0.2) is 43.0 Å². The molecule has 0 aliphatic carbocycles. The molecule has 0 aliphatic heterocycles. The zero-order valence-electron chi connectivity index (χ0n) is 28.2. The van der Waals surface area contributed by atoms with Crippen LogP contribution in [0.5, 0.6) is 0 Å². The van der Waals surface area contributed by atoms with Gasteiger partial charge in [0.25, 0.3) is 0 Å². The quantitative estimate of drug-likeness (QED) is 0.104. The summed E-state index contributed by atoms with van der Waals surface area (Å²) in [6.45, 7) is 13.4. The molecule has 2 heterocycles. The van der Waals surface area contributed by atoms with Gasteiger partial charge in [-0.1, -0.05) is 18.2 Å². The summed E-state index contributed by atoms with van der Waals surface area (Å²) in [6.07, 6.45) is -0.804. The smallest absolute Gasteiger partial charge is 0.356 e. The van der Waals surface area contributed by atoms with E-state index in [1.54, 1.807) is 90.3 Å².